The van der Waals surface area contributed by atoms with Crippen molar-refractivity contribution in [2.45, 2.75) is 32.2 Å². The zero-order chi connectivity index (χ0) is 13.5. The van der Waals surface area contributed by atoms with Gasteiger partial charge in [-0.3, -0.25) is 0 Å². The van der Waals surface area contributed by atoms with E-state index in [-0.39, 0.29) is 16.3 Å². The number of benzene rings is 1. The summed E-state index contributed by atoms with van der Waals surface area (Å²) in [6.07, 6.45) is 2.15. The van der Waals surface area contributed by atoms with Crippen molar-refractivity contribution in [1.82, 2.24) is 0 Å². The van der Waals surface area contributed by atoms with Crippen LogP contribution in [0.5, 0.6) is 0 Å². The number of hydrogen-bond acceptors (Lipinski definition) is 2. The topological polar surface area (TPSA) is 29.3 Å². The van der Waals surface area contributed by atoms with Gasteiger partial charge < -0.3 is 10.6 Å². The molecule has 2 nitrogen and oxygen atoms in total. The smallest absolute Gasteiger partial charge is 0.161 e. The normalized spacial score (nSPS) is 18.1. The van der Waals surface area contributed by atoms with Gasteiger partial charge in [0.15, 0.2) is 5.82 Å². The van der Waals surface area contributed by atoms with E-state index in [1.54, 1.807) is 12.1 Å². The quantitative estimate of drug-likeness (QED) is 0.840. The second-order valence-electron chi connectivity index (χ2n) is 5.19. The molecule has 0 spiro atoms. The highest BCUT2D eigenvalue weighted by Gasteiger charge is 2.34. The Bertz CT molecular complexity index is 502. The molecular formula is C13H16BrFN2S. The highest BCUT2D eigenvalue weighted by molar-refractivity contribution is 9.10. The van der Waals surface area contributed by atoms with Crippen LogP contribution in [0.1, 0.15) is 32.3 Å². The lowest BCUT2D eigenvalue weighted by molar-refractivity contribution is 0.506. The van der Waals surface area contributed by atoms with Gasteiger partial charge in [-0.05, 0) is 54.8 Å². The fourth-order valence-corrected chi connectivity index (χ4v) is 3.34. The molecule has 0 bridgehead atoms. The van der Waals surface area contributed by atoms with Crippen molar-refractivity contribution in [3.8, 4) is 0 Å². The SMILES string of the molecule is CC1(C)CCCN1c1ccc(C(N)=S)c(Br)c1F. The largest absolute Gasteiger partial charge is 0.389 e. The summed E-state index contributed by atoms with van der Waals surface area (Å²) in [5.41, 5.74) is 6.71. The second-order valence-corrected chi connectivity index (χ2v) is 6.42. The minimum atomic E-state index is -0.282. The Labute approximate surface area is 120 Å². The molecule has 1 aliphatic rings. The fraction of sp³-hybridized carbons (Fsp3) is 0.462. The van der Waals surface area contributed by atoms with Gasteiger partial charge in [-0.1, -0.05) is 12.2 Å². The first kappa shape index (κ1) is 13.7. The van der Waals surface area contributed by atoms with Crippen LogP contribution in [-0.4, -0.2) is 17.1 Å². The molecule has 1 heterocycles. The summed E-state index contributed by atoms with van der Waals surface area (Å²) in [5, 5.41) is 0. The Morgan fingerprint density at radius 2 is 2.17 bits per heavy atom. The van der Waals surface area contributed by atoms with Crippen molar-refractivity contribution in [3.05, 3.63) is 28.0 Å². The molecule has 1 aliphatic heterocycles. The Hall–Kier alpha value is -0.680. The van der Waals surface area contributed by atoms with Crippen LogP contribution in [-0.2, 0) is 0 Å². The van der Waals surface area contributed by atoms with Gasteiger partial charge in [-0.25, -0.2) is 4.39 Å². The average Bonchev–Trinajstić information content (AvgIpc) is 2.61. The number of nitrogens with two attached hydrogens (primary N) is 1. The average molecular weight is 331 g/mol. The van der Waals surface area contributed by atoms with Crippen molar-refractivity contribution in [2.75, 3.05) is 11.4 Å². The lowest BCUT2D eigenvalue weighted by atomic mass is 10.0. The standard InChI is InChI=1S/C13H16BrFN2S/c1-13(2)6-3-7-17(13)9-5-4-8(12(16)18)10(14)11(9)15/h4-5H,3,6-7H2,1-2H3,(H2,16,18). The number of anilines is 1. The van der Waals surface area contributed by atoms with Crippen molar-refractivity contribution in [2.24, 2.45) is 5.73 Å². The molecule has 0 unspecified atom stereocenters. The van der Waals surface area contributed by atoms with Crippen LogP contribution < -0.4 is 10.6 Å². The molecular weight excluding hydrogens is 315 g/mol. The molecule has 0 radical (unpaired) electrons. The van der Waals surface area contributed by atoms with Gasteiger partial charge in [-0.2, -0.15) is 0 Å². The molecule has 0 aromatic heterocycles. The van der Waals surface area contributed by atoms with Gasteiger partial charge in [0.25, 0.3) is 0 Å². The second kappa shape index (κ2) is 4.78. The van der Waals surface area contributed by atoms with E-state index < -0.39 is 0 Å². The molecule has 0 amide bonds. The van der Waals surface area contributed by atoms with Crippen LogP contribution in [0, 0.1) is 5.82 Å². The monoisotopic (exact) mass is 330 g/mol. The number of nitrogens with zero attached hydrogens (tertiary/aromatic N) is 1. The summed E-state index contributed by atoms with van der Waals surface area (Å²) in [6, 6.07) is 3.54. The first-order valence-corrected chi connectivity index (χ1v) is 7.10. The maximum atomic E-state index is 14.4. The third-order valence-corrected chi connectivity index (χ3v) is 4.51. The third kappa shape index (κ3) is 2.26. The highest BCUT2D eigenvalue weighted by Crippen LogP contribution is 2.37. The summed E-state index contributed by atoms with van der Waals surface area (Å²) in [5.74, 6) is -0.282. The third-order valence-electron chi connectivity index (χ3n) is 3.52. The van der Waals surface area contributed by atoms with Crippen LogP contribution >= 0.6 is 28.1 Å². The molecule has 98 valence electrons. The molecule has 1 fully saturated rings. The van der Waals surface area contributed by atoms with E-state index in [1.165, 1.54) is 0 Å². The summed E-state index contributed by atoms with van der Waals surface area (Å²) >= 11 is 8.15. The fourth-order valence-electron chi connectivity index (χ4n) is 2.49. The van der Waals surface area contributed by atoms with E-state index in [9.17, 15) is 4.39 Å². The van der Waals surface area contributed by atoms with Crippen LogP contribution in [0.15, 0.2) is 16.6 Å². The van der Waals surface area contributed by atoms with E-state index in [0.717, 1.165) is 19.4 Å². The van der Waals surface area contributed by atoms with Crippen molar-refractivity contribution < 1.29 is 4.39 Å². The summed E-state index contributed by atoms with van der Waals surface area (Å²) in [6.45, 7) is 5.15. The number of halogens is 2. The molecule has 0 aliphatic carbocycles. The molecule has 1 aromatic carbocycles. The molecule has 5 heteroatoms. The maximum absolute atomic E-state index is 14.4. The van der Waals surface area contributed by atoms with Crippen molar-refractivity contribution in [3.63, 3.8) is 0 Å². The highest BCUT2D eigenvalue weighted by atomic mass is 79.9. The number of rotatable bonds is 2. The number of hydrogen-bond donors (Lipinski definition) is 1. The first-order chi connectivity index (χ1) is 8.34. The van der Waals surface area contributed by atoms with E-state index in [4.69, 9.17) is 18.0 Å². The van der Waals surface area contributed by atoms with Crippen LogP contribution in [0.3, 0.4) is 0 Å². The van der Waals surface area contributed by atoms with Crippen molar-refractivity contribution in [1.29, 1.82) is 0 Å². The molecule has 18 heavy (non-hydrogen) atoms. The van der Waals surface area contributed by atoms with Crippen LogP contribution in [0.4, 0.5) is 10.1 Å². The predicted molar refractivity (Wildman–Crippen MR) is 80.6 cm³/mol. The Morgan fingerprint density at radius 1 is 1.50 bits per heavy atom. The van der Waals surface area contributed by atoms with E-state index in [1.807, 2.05) is 0 Å². The Morgan fingerprint density at radius 3 is 2.67 bits per heavy atom. The van der Waals surface area contributed by atoms with Crippen LogP contribution in [0.25, 0.3) is 0 Å². The lowest BCUT2D eigenvalue weighted by Gasteiger charge is -2.34. The lowest BCUT2D eigenvalue weighted by Crippen LogP contribution is -2.38. The van der Waals surface area contributed by atoms with Gasteiger partial charge in [-0.15, -0.1) is 0 Å². The summed E-state index contributed by atoms with van der Waals surface area (Å²) in [4.78, 5) is 2.31. The van der Waals surface area contributed by atoms with Gasteiger partial charge >= 0.3 is 0 Å². The minimum absolute atomic E-state index is 0.00891. The van der Waals surface area contributed by atoms with Gasteiger partial charge in [0.1, 0.15) is 4.99 Å². The minimum Gasteiger partial charge on any atom is -0.389 e. The van der Waals surface area contributed by atoms with E-state index in [0.29, 0.717) is 15.7 Å². The van der Waals surface area contributed by atoms with Crippen molar-refractivity contribution >= 4 is 38.8 Å². The number of thiocarbonyl (C=S) groups is 1. The maximum Gasteiger partial charge on any atom is 0.161 e. The molecule has 2 N–H and O–H groups in total. The van der Waals surface area contributed by atoms with Gasteiger partial charge in [0, 0.05) is 17.6 Å². The van der Waals surface area contributed by atoms with E-state index in [2.05, 4.69) is 34.7 Å². The molecule has 1 saturated heterocycles. The summed E-state index contributed by atoms with van der Waals surface area (Å²) in [7, 11) is 0. The molecule has 1 aromatic rings. The Kier molecular flexibility index (Phi) is 3.65. The van der Waals surface area contributed by atoms with Gasteiger partial charge in [0.05, 0.1) is 10.2 Å². The zero-order valence-corrected chi connectivity index (χ0v) is 12.9. The molecule has 2 rings (SSSR count). The molecule has 0 atom stereocenters. The van der Waals surface area contributed by atoms with E-state index >= 15 is 0 Å². The summed E-state index contributed by atoms with van der Waals surface area (Å²) < 4.78 is 14.8. The van der Waals surface area contributed by atoms with Gasteiger partial charge in [0.2, 0.25) is 0 Å². The predicted octanol–water partition coefficient (Wildman–Crippen LogP) is 3.60. The first-order valence-electron chi connectivity index (χ1n) is 5.90. The Balaban J connectivity index is 2.48. The zero-order valence-electron chi connectivity index (χ0n) is 10.5. The molecule has 0 saturated carbocycles. The van der Waals surface area contributed by atoms with Crippen LogP contribution in [0.2, 0.25) is 0 Å².